The van der Waals surface area contributed by atoms with E-state index in [1.807, 2.05) is 31.2 Å². The number of urea groups is 1. The first-order valence-electron chi connectivity index (χ1n) is 10.1. The Morgan fingerprint density at radius 3 is 2.32 bits per heavy atom. The predicted molar refractivity (Wildman–Crippen MR) is 118 cm³/mol. The van der Waals surface area contributed by atoms with Gasteiger partial charge in [-0.25, -0.2) is 4.79 Å². The largest absolute Gasteiger partial charge is 0.496 e. The Balaban J connectivity index is 1.92. The van der Waals surface area contributed by atoms with Gasteiger partial charge in [-0.3, -0.25) is 15.1 Å². The summed E-state index contributed by atoms with van der Waals surface area (Å²) in [7, 11) is 3.17. The summed E-state index contributed by atoms with van der Waals surface area (Å²) < 4.78 is 10.9. The Labute approximate surface area is 182 Å². The molecule has 164 valence electrons. The van der Waals surface area contributed by atoms with Gasteiger partial charge >= 0.3 is 6.03 Å². The van der Waals surface area contributed by atoms with Gasteiger partial charge in [0.15, 0.2) is 0 Å². The number of rotatable bonds is 8. The van der Waals surface area contributed by atoms with E-state index >= 15 is 0 Å². The van der Waals surface area contributed by atoms with Crippen LogP contribution in [0.1, 0.15) is 29.2 Å². The summed E-state index contributed by atoms with van der Waals surface area (Å²) in [5, 5.41) is 7.52. The number of hydrogen-bond acceptors (Lipinski definition) is 5. The smallest absolute Gasteiger partial charge is 0.327 e. The summed E-state index contributed by atoms with van der Waals surface area (Å²) in [5.41, 5.74) is 8.66. The monoisotopic (exact) mass is 424 g/mol. The van der Waals surface area contributed by atoms with Gasteiger partial charge < -0.3 is 20.1 Å². The van der Waals surface area contributed by atoms with E-state index in [4.69, 9.17) is 20.6 Å². The third kappa shape index (κ3) is 4.19. The highest BCUT2D eigenvalue weighted by Gasteiger charge is 2.44. The van der Waals surface area contributed by atoms with E-state index in [1.54, 1.807) is 38.2 Å². The van der Waals surface area contributed by atoms with Gasteiger partial charge in [0.2, 0.25) is 0 Å². The highest BCUT2D eigenvalue weighted by molar-refractivity contribution is 6.04. The van der Waals surface area contributed by atoms with Crippen molar-refractivity contribution in [2.75, 3.05) is 20.8 Å². The number of ether oxygens (including phenoxy) is 2. The van der Waals surface area contributed by atoms with Crippen LogP contribution in [0, 0.1) is 12.3 Å². The summed E-state index contributed by atoms with van der Waals surface area (Å²) in [6, 6.07) is 9.92. The van der Waals surface area contributed by atoms with Crippen LogP contribution in [0.4, 0.5) is 4.79 Å². The van der Waals surface area contributed by atoms with Crippen molar-refractivity contribution in [3.05, 3.63) is 58.7 Å². The number of methoxy groups -OCH3 is 2. The Hall–Kier alpha value is -3.55. The maximum absolute atomic E-state index is 13.0. The number of nitrogens with zero attached hydrogens (tertiary/aromatic N) is 2. The van der Waals surface area contributed by atoms with E-state index < -0.39 is 6.04 Å². The third-order valence-corrected chi connectivity index (χ3v) is 5.62. The van der Waals surface area contributed by atoms with Gasteiger partial charge in [-0.1, -0.05) is 24.3 Å². The summed E-state index contributed by atoms with van der Waals surface area (Å²) in [5.74, 6) is 1.10. The highest BCUT2D eigenvalue weighted by Crippen LogP contribution is 2.34. The standard InChI is InChI=1S/C23H28N4O4/c1-5-26-22(28)18(12-15-6-8-16(9-7-15)21(24)25)27(23(26)29)13-17-10-11-19(30-3)14(2)20(17)31-4/h6-11,18H,5,12-13H2,1-4H3,(H3,24,25)/t18-/m0/s1. The second-order valence-corrected chi connectivity index (χ2v) is 7.41. The summed E-state index contributed by atoms with van der Waals surface area (Å²) >= 11 is 0. The van der Waals surface area contributed by atoms with Crippen molar-refractivity contribution in [3.63, 3.8) is 0 Å². The molecule has 0 aromatic heterocycles. The molecule has 0 unspecified atom stereocenters. The number of nitrogens with two attached hydrogens (primary N) is 1. The van der Waals surface area contributed by atoms with Crippen molar-refractivity contribution >= 4 is 17.8 Å². The van der Waals surface area contributed by atoms with Crippen LogP contribution in [0.3, 0.4) is 0 Å². The van der Waals surface area contributed by atoms with Gasteiger partial charge in [-0.15, -0.1) is 0 Å². The van der Waals surface area contributed by atoms with Crippen molar-refractivity contribution in [2.45, 2.75) is 32.9 Å². The second-order valence-electron chi connectivity index (χ2n) is 7.41. The zero-order valence-corrected chi connectivity index (χ0v) is 18.3. The first-order chi connectivity index (χ1) is 14.8. The molecule has 0 bridgehead atoms. The van der Waals surface area contributed by atoms with E-state index in [0.717, 1.165) is 16.7 Å². The fraction of sp³-hybridized carbons (Fsp3) is 0.348. The number of carbonyl (C=O) groups is 2. The molecule has 0 aliphatic carbocycles. The van der Waals surface area contributed by atoms with Crippen LogP contribution in [0.15, 0.2) is 36.4 Å². The zero-order chi connectivity index (χ0) is 22.7. The number of amidine groups is 1. The third-order valence-electron chi connectivity index (χ3n) is 5.62. The number of nitrogens with one attached hydrogen (secondary N) is 1. The molecule has 1 aliphatic heterocycles. The van der Waals surface area contributed by atoms with Crippen molar-refractivity contribution < 1.29 is 19.1 Å². The first-order valence-corrected chi connectivity index (χ1v) is 10.1. The second kappa shape index (κ2) is 9.07. The molecule has 0 radical (unpaired) electrons. The number of nitrogen functional groups attached to an aromatic ring is 1. The lowest BCUT2D eigenvalue weighted by atomic mass is 10.0. The normalized spacial score (nSPS) is 16.1. The van der Waals surface area contributed by atoms with Crippen LogP contribution >= 0.6 is 0 Å². The minimum Gasteiger partial charge on any atom is -0.496 e. The van der Waals surface area contributed by atoms with Crippen molar-refractivity contribution in [3.8, 4) is 11.5 Å². The van der Waals surface area contributed by atoms with E-state index in [1.165, 1.54) is 4.90 Å². The quantitative estimate of drug-likeness (QED) is 0.385. The maximum Gasteiger partial charge on any atom is 0.327 e. The summed E-state index contributed by atoms with van der Waals surface area (Å²) in [6.07, 6.45) is 0.372. The average Bonchev–Trinajstić information content (AvgIpc) is 2.97. The molecule has 3 amide bonds. The van der Waals surface area contributed by atoms with Crippen LogP contribution < -0.4 is 15.2 Å². The van der Waals surface area contributed by atoms with Crippen molar-refractivity contribution in [1.82, 2.24) is 9.80 Å². The molecular weight excluding hydrogens is 396 g/mol. The lowest BCUT2D eigenvalue weighted by molar-refractivity contribution is -0.128. The minimum absolute atomic E-state index is 0.0144. The molecule has 2 aromatic carbocycles. The van der Waals surface area contributed by atoms with Crippen LogP contribution in [0.25, 0.3) is 0 Å². The minimum atomic E-state index is -0.622. The number of amides is 3. The highest BCUT2D eigenvalue weighted by atomic mass is 16.5. The van der Waals surface area contributed by atoms with Crippen molar-refractivity contribution in [2.24, 2.45) is 5.73 Å². The fourth-order valence-corrected chi connectivity index (χ4v) is 3.95. The molecule has 0 spiro atoms. The van der Waals surface area contributed by atoms with E-state index in [2.05, 4.69) is 0 Å². The van der Waals surface area contributed by atoms with Crippen LogP contribution in [-0.4, -0.2) is 54.4 Å². The average molecular weight is 425 g/mol. The topological polar surface area (TPSA) is 109 Å². The van der Waals surface area contributed by atoms with Crippen LogP contribution in [0.2, 0.25) is 0 Å². The maximum atomic E-state index is 13.0. The van der Waals surface area contributed by atoms with Gasteiger partial charge in [0.05, 0.1) is 20.8 Å². The van der Waals surface area contributed by atoms with Gasteiger partial charge in [-0.2, -0.15) is 0 Å². The number of hydrogen-bond donors (Lipinski definition) is 2. The Morgan fingerprint density at radius 1 is 1.10 bits per heavy atom. The molecule has 2 aromatic rings. The van der Waals surface area contributed by atoms with Gasteiger partial charge in [-0.05, 0) is 31.5 Å². The molecule has 1 fully saturated rings. The zero-order valence-electron chi connectivity index (χ0n) is 18.3. The van der Waals surface area contributed by atoms with Crippen LogP contribution in [0.5, 0.6) is 11.5 Å². The van der Waals surface area contributed by atoms with Gasteiger partial charge in [0.1, 0.15) is 23.4 Å². The summed E-state index contributed by atoms with van der Waals surface area (Å²) in [6.45, 7) is 4.23. The number of carbonyl (C=O) groups excluding carboxylic acids is 2. The van der Waals surface area contributed by atoms with E-state index in [-0.39, 0.29) is 24.3 Å². The van der Waals surface area contributed by atoms with E-state index in [9.17, 15) is 9.59 Å². The lowest BCUT2D eigenvalue weighted by Gasteiger charge is -2.24. The molecule has 8 heteroatoms. The Morgan fingerprint density at radius 2 is 1.77 bits per heavy atom. The molecule has 0 saturated carbocycles. The molecule has 31 heavy (non-hydrogen) atoms. The van der Waals surface area contributed by atoms with Gasteiger partial charge in [0, 0.05) is 29.7 Å². The predicted octanol–water partition coefficient (Wildman–Crippen LogP) is 2.69. The molecular formula is C23H28N4O4. The molecule has 8 nitrogen and oxygen atoms in total. The Kier molecular flexibility index (Phi) is 6.48. The molecule has 3 rings (SSSR count). The Bertz CT molecular complexity index is 1000. The molecule has 1 aliphatic rings. The molecule has 1 saturated heterocycles. The van der Waals surface area contributed by atoms with Gasteiger partial charge in [0.25, 0.3) is 5.91 Å². The SMILES string of the molecule is CCN1C(=O)[C@H](Cc2ccc(C(=N)N)cc2)N(Cc2ccc(OC)c(C)c2OC)C1=O. The summed E-state index contributed by atoms with van der Waals surface area (Å²) in [4.78, 5) is 28.9. The first kappa shape index (κ1) is 22.1. The molecule has 1 atom stereocenters. The lowest BCUT2D eigenvalue weighted by Crippen LogP contribution is -2.36. The fourth-order valence-electron chi connectivity index (χ4n) is 3.95. The number of likely N-dealkylation sites (N-methyl/N-ethyl adjacent to an activating group) is 1. The number of benzene rings is 2. The molecule has 1 heterocycles. The number of imide groups is 1. The van der Waals surface area contributed by atoms with Crippen molar-refractivity contribution in [1.29, 1.82) is 5.41 Å². The van der Waals surface area contributed by atoms with Crippen LogP contribution in [-0.2, 0) is 17.8 Å². The molecule has 3 N–H and O–H groups in total. The van der Waals surface area contributed by atoms with E-state index in [0.29, 0.717) is 30.0 Å².